The van der Waals surface area contributed by atoms with Gasteiger partial charge in [-0.3, -0.25) is 28.6 Å². The molecule has 0 aliphatic carbocycles. The van der Waals surface area contributed by atoms with Gasteiger partial charge in [-0.1, -0.05) is 64.5 Å². The highest BCUT2D eigenvalue weighted by atomic mass is 16.2. The molecule has 2 amide bonds. The number of likely N-dealkylation sites (N-methyl/N-ethyl adjacent to an activating group) is 1. The Morgan fingerprint density at radius 1 is 0.901 bits per heavy atom. The summed E-state index contributed by atoms with van der Waals surface area (Å²) in [6.45, 7) is 24.6. The monoisotopic (exact) mass is 970 g/mol. The minimum atomic E-state index is -0.682. The fraction of sp³-hybridized carbons (Fsp3) is 0.517. The van der Waals surface area contributed by atoms with Gasteiger partial charge in [-0.2, -0.15) is 0 Å². The average molecular weight is 970 g/mol. The number of fused-ring (bicyclic) bond motifs is 1. The predicted octanol–water partition coefficient (Wildman–Crippen LogP) is 9.87. The van der Waals surface area contributed by atoms with E-state index in [0.29, 0.717) is 35.6 Å². The van der Waals surface area contributed by atoms with Gasteiger partial charge in [0.1, 0.15) is 18.1 Å². The van der Waals surface area contributed by atoms with E-state index in [0.717, 1.165) is 104 Å². The molecule has 2 unspecified atom stereocenters. The molecular weight excluding hydrogens is 887 g/mol. The first-order chi connectivity index (χ1) is 34.3. The lowest BCUT2D eigenvalue weighted by Gasteiger charge is -2.37. The molecule has 3 N–H and O–H groups in total. The molecule has 2 aromatic carbocycles. The molecule has 384 valence electrons. The Kier molecular flexibility index (Phi) is 21.8. The third-order valence-electron chi connectivity index (χ3n) is 14.5. The lowest BCUT2D eigenvalue weighted by Crippen LogP contribution is -2.42. The van der Waals surface area contributed by atoms with Crippen LogP contribution in [0.15, 0.2) is 83.4 Å². The quantitative estimate of drug-likeness (QED) is 0.0818. The highest BCUT2D eigenvalue weighted by Gasteiger charge is 2.28. The number of nitrogens with two attached hydrogens (primary N) is 1. The molecule has 7 rings (SSSR count). The predicted molar refractivity (Wildman–Crippen MR) is 292 cm³/mol. The Labute approximate surface area is 423 Å². The molecule has 5 aromatic rings. The third-order valence-corrected chi connectivity index (χ3v) is 14.5. The number of hydrogen-bond donors (Lipinski definition) is 2. The summed E-state index contributed by atoms with van der Waals surface area (Å²) in [5, 5.41) is 2.57. The molecule has 71 heavy (non-hydrogen) atoms. The van der Waals surface area contributed by atoms with Gasteiger partial charge in [0.25, 0.3) is 5.91 Å². The number of nitrogen functional groups attached to an aromatic ring is 1. The molecule has 0 radical (unpaired) electrons. The molecule has 0 saturated carbocycles. The van der Waals surface area contributed by atoms with Crippen LogP contribution in [0.1, 0.15) is 145 Å². The summed E-state index contributed by atoms with van der Waals surface area (Å²) in [7, 11) is 3.23. The molecule has 3 aromatic heterocycles. The van der Waals surface area contributed by atoms with Crippen molar-refractivity contribution < 1.29 is 14.4 Å². The van der Waals surface area contributed by atoms with Crippen LogP contribution in [0.5, 0.6) is 0 Å². The highest BCUT2D eigenvalue weighted by molar-refractivity contribution is 5.94. The fourth-order valence-electron chi connectivity index (χ4n) is 10.2. The third kappa shape index (κ3) is 14.4. The topological polar surface area (TPSA) is 152 Å². The van der Waals surface area contributed by atoms with Crippen molar-refractivity contribution in [2.24, 2.45) is 13.0 Å². The van der Waals surface area contributed by atoms with E-state index in [-0.39, 0.29) is 23.9 Å². The Balaban J connectivity index is 0.000000326. The number of nitrogens with one attached hydrogen (secondary N) is 1. The maximum atomic E-state index is 13.4. The van der Waals surface area contributed by atoms with Crippen molar-refractivity contribution in [1.82, 2.24) is 39.1 Å². The normalized spacial score (nSPS) is 15.6. The van der Waals surface area contributed by atoms with Crippen LogP contribution in [0.3, 0.4) is 0 Å². The first kappa shape index (κ1) is 56.0. The number of anilines is 1. The van der Waals surface area contributed by atoms with E-state index in [1.807, 2.05) is 63.5 Å². The van der Waals surface area contributed by atoms with Gasteiger partial charge in [-0.25, -0.2) is 9.78 Å². The Bertz CT molecular complexity index is 2560. The van der Waals surface area contributed by atoms with Crippen molar-refractivity contribution in [3.63, 3.8) is 0 Å². The number of aromatic nitrogens is 4. The van der Waals surface area contributed by atoms with Crippen LogP contribution in [0.4, 0.5) is 5.82 Å². The number of amides is 2. The molecule has 2 aliphatic rings. The lowest BCUT2D eigenvalue weighted by atomic mass is 9.87. The minimum Gasteiger partial charge on any atom is -0.384 e. The number of nitrogens with zero attached hydrogens (tertiary/aromatic N) is 7. The molecule has 2 fully saturated rings. The molecule has 2 aliphatic heterocycles. The molecular formula is C58H83N9O4. The number of rotatable bonds is 18. The van der Waals surface area contributed by atoms with Crippen molar-refractivity contribution in [1.29, 1.82) is 0 Å². The highest BCUT2D eigenvalue weighted by Crippen LogP contribution is 2.33. The zero-order valence-electron chi connectivity index (χ0n) is 44.5. The molecule has 0 spiro atoms. The number of piperidine rings is 2. The fourth-order valence-corrected chi connectivity index (χ4v) is 10.2. The van der Waals surface area contributed by atoms with Crippen molar-refractivity contribution in [3.05, 3.63) is 117 Å². The van der Waals surface area contributed by atoms with Crippen molar-refractivity contribution in [2.45, 2.75) is 131 Å². The van der Waals surface area contributed by atoms with Gasteiger partial charge < -0.3 is 25.6 Å². The van der Waals surface area contributed by atoms with Gasteiger partial charge >= 0.3 is 5.69 Å². The van der Waals surface area contributed by atoms with Crippen LogP contribution >= 0.6 is 0 Å². The first-order valence-corrected chi connectivity index (χ1v) is 26.4. The number of hydrogen-bond acceptors (Lipinski definition) is 9. The molecule has 13 nitrogen and oxygen atoms in total. The number of likely N-dealkylation sites (tertiary alicyclic amines) is 2. The second-order valence-corrected chi connectivity index (χ2v) is 19.1. The minimum absolute atomic E-state index is 0.194. The number of imidazole rings is 1. The van der Waals surface area contributed by atoms with Crippen LogP contribution in [0.25, 0.3) is 28.2 Å². The summed E-state index contributed by atoms with van der Waals surface area (Å²) < 4.78 is 3.03. The smallest absolute Gasteiger partial charge is 0.329 e. The first-order valence-electron chi connectivity index (χ1n) is 26.4. The SMILES string of the molecule is CC.CCCN(CCC)CC1CCN(C(=O)c2ccc(C3CCN(C(C)/C(C)=C/c4c(-c5ccc(N)nc5)ccnc4C)CC3)cc2)CC1.CCc1ccc2c(c1)n(C)c(=O)n2C(CCC=O)C(=O)NC. The zero-order chi connectivity index (χ0) is 51.6. The number of aryl methyl sites for hydroxylation is 3. The van der Waals surface area contributed by atoms with Gasteiger partial charge in [-0.05, 0) is 169 Å². The van der Waals surface area contributed by atoms with Crippen LogP contribution in [-0.4, -0.2) is 111 Å². The van der Waals surface area contributed by atoms with Crippen molar-refractivity contribution in [3.8, 4) is 11.1 Å². The van der Waals surface area contributed by atoms with E-state index < -0.39 is 6.04 Å². The van der Waals surface area contributed by atoms with E-state index in [1.54, 1.807) is 11.6 Å². The number of benzene rings is 2. The van der Waals surface area contributed by atoms with E-state index in [4.69, 9.17) is 5.73 Å². The zero-order valence-corrected chi connectivity index (χ0v) is 44.5. The average Bonchev–Trinajstić information content (AvgIpc) is 3.65. The van der Waals surface area contributed by atoms with Gasteiger partial charge in [-0.15, -0.1) is 0 Å². The van der Waals surface area contributed by atoms with Crippen LogP contribution in [0.2, 0.25) is 0 Å². The van der Waals surface area contributed by atoms with E-state index in [2.05, 4.69) is 101 Å². The maximum Gasteiger partial charge on any atom is 0.329 e. The summed E-state index contributed by atoms with van der Waals surface area (Å²) >= 11 is 0. The second-order valence-electron chi connectivity index (χ2n) is 19.1. The summed E-state index contributed by atoms with van der Waals surface area (Å²) in [4.78, 5) is 64.9. The van der Waals surface area contributed by atoms with Crippen LogP contribution in [0, 0.1) is 12.8 Å². The number of pyridine rings is 2. The Hall–Kier alpha value is -5.92. The summed E-state index contributed by atoms with van der Waals surface area (Å²) in [6, 6.07) is 19.9. The summed E-state index contributed by atoms with van der Waals surface area (Å²) in [6.07, 6.45) is 15.1. The maximum absolute atomic E-state index is 13.4. The molecule has 5 heterocycles. The van der Waals surface area contributed by atoms with Gasteiger partial charge in [0.2, 0.25) is 5.91 Å². The second kappa shape index (κ2) is 27.6. The van der Waals surface area contributed by atoms with Crippen molar-refractivity contribution in [2.75, 3.05) is 58.6 Å². The molecule has 2 saturated heterocycles. The summed E-state index contributed by atoms with van der Waals surface area (Å²) in [5.74, 6) is 1.69. The molecule has 0 bridgehead atoms. The van der Waals surface area contributed by atoms with Gasteiger partial charge in [0.05, 0.1) is 11.0 Å². The van der Waals surface area contributed by atoms with E-state index >= 15 is 0 Å². The molecule has 2 atom stereocenters. The summed E-state index contributed by atoms with van der Waals surface area (Å²) in [5.41, 5.74) is 16.1. The number of carbonyl (C=O) groups is 3. The van der Waals surface area contributed by atoms with Gasteiger partial charge in [0.15, 0.2) is 0 Å². The Morgan fingerprint density at radius 2 is 1.58 bits per heavy atom. The Morgan fingerprint density at radius 3 is 2.17 bits per heavy atom. The van der Waals surface area contributed by atoms with Crippen LogP contribution in [-0.2, 0) is 23.1 Å². The lowest BCUT2D eigenvalue weighted by molar-refractivity contribution is -0.124. The number of carbonyl (C=O) groups excluding carboxylic acids is 3. The number of aldehydes is 1. The molecule has 13 heteroatoms. The largest absolute Gasteiger partial charge is 0.384 e. The standard InChI is InChI=1S/C40H56N6O.C16H21N3O3.C2H6/c1-6-20-44(21-7-2)28-32-15-22-46(23-16-32)40(47)35-10-8-33(9-11-35)34-17-24-45(25-18-34)31(5)29(3)26-38-30(4)42-19-14-37(38)36-12-13-39(41)43-27-36;1-4-11-7-8-12-14(10-11)18(3)16(22)19(12)13(6-5-9-20)15(21)17-2;1-2/h8-14,19,26-27,31-32,34H,6-7,15-18,20-25,28H2,1-5H3,(H2,41,43);7-10,13H,4-6H2,1-3H3,(H,17,21);1-2H3/b29-26+;;. The van der Waals surface area contributed by atoms with Crippen molar-refractivity contribution >= 4 is 41.0 Å². The van der Waals surface area contributed by atoms with Gasteiger partial charge in [0, 0.05) is 81.0 Å². The van der Waals surface area contributed by atoms with E-state index in [1.165, 1.54) is 55.2 Å². The van der Waals surface area contributed by atoms with E-state index in [9.17, 15) is 19.2 Å². The van der Waals surface area contributed by atoms with Crippen LogP contribution < -0.4 is 16.7 Å².